The van der Waals surface area contributed by atoms with Crippen LogP contribution in [0.4, 0.5) is 0 Å². The average molecular weight is 241 g/mol. The monoisotopic (exact) mass is 241 g/mol. The molecular weight excluding hydrogens is 214 g/mol. The van der Waals surface area contributed by atoms with Crippen molar-refractivity contribution in [1.29, 1.82) is 0 Å². The van der Waals surface area contributed by atoms with Gasteiger partial charge in [0.25, 0.3) is 0 Å². The molecule has 0 heterocycles. The van der Waals surface area contributed by atoms with Gasteiger partial charge in [0.05, 0.1) is 5.54 Å². The molecule has 0 atom stereocenters. The van der Waals surface area contributed by atoms with Gasteiger partial charge in [-0.25, -0.2) is 0 Å². The largest absolute Gasteiger partial charge is 0.374 e. The molecule has 0 aromatic carbocycles. The highest BCUT2D eigenvalue weighted by Gasteiger charge is 2.39. The van der Waals surface area contributed by atoms with Crippen molar-refractivity contribution < 1.29 is 9.53 Å². The zero-order chi connectivity index (χ0) is 12.7. The fraction of sp³-hybridized carbons (Fsp3) is 0.929. The fourth-order valence-corrected chi connectivity index (χ4v) is 2.73. The Hall–Kier alpha value is -0.410. The molecule has 0 bridgehead atoms. The minimum absolute atomic E-state index is 0.260. The minimum Gasteiger partial charge on any atom is -0.374 e. The number of hydrogen-bond acceptors (Lipinski definition) is 3. The van der Waals surface area contributed by atoms with Crippen LogP contribution in [0.2, 0.25) is 0 Å². The van der Waals surface area contributed by atoms with Gasteiger partial charge in [-0.15, -0.1) is 0 Å². The van der Waals surface area contributed by atoms with Gasteiger partial charge >= 0.3 is 0 Å². The third-order valence-corrected chi connectivity index (χ3v) is 3.89. The molecule has 0 N–H and O–H groups in total. The van der Waals surface area contributed by atoms with Crippen molar-refractivity contribution in [2.24, 2.45) is 0 Å². The van der Waals surface area contributed by atoms with E-state index in [9.17, 15) is 4.79 Å². The maximum absolute atomic E-state index is 12.4. The maximum atomic E-state index is 12.4. The minimum atomic E-state index is -0.260. The van der Waals surface area contributed by atoms with Crippen molar-refractivity contribution in [3.8, 4) is 0 Å². The van der Waals surface area contributed by atoms with Crippen LogP contribution in [0.1, 0.15) is 51.9 Å². The second-order valence-electron chi connectivity index (χ2n) is 5.32. The number of ketones is 1. The van der Waals surface area contributed by atoms with Crippen LogP contribution in [0.5, 0.6) is 0 Å². The normalized spacial score (nSPS) is 20.2. The number of nitrogens with zero attached hydrogens (tertiary/aromatic N) is 1. The maximum Gasteiger partial charge on any atom is 0.178 e. The van der Waals surface area contributed by atoms with Gasteiger partial charge in [-0.1, -0.05) is 32.6 Å². The van der Waals surface area contributed by atoms with Crippen LogP contribution in [0.25, 0.3) is 0 Å². The lowest BCUT2D eigenvalue weighted by atomic mass is 9.84. The molecule has 0 aromatic heterocycles. The number of carbonyl (C=O) groups excluding carboxylic acids is 1. The summed E-state index contributed by atoms with van der Waals surface area (Å²) in [6.45, 7) is 3.04. The van der Waals surface area contributed by atoms with Gasteiger partial charge in [0.1, 0.15) is 6.61 Å². The Kier molecular flexibility index (Phi) is 6.14. The van der Waals surface area contributed by atoms with E-state index in [0.717, 1.165) is 32.1 Å². The molecule has 1 saturated carbocycles. The summed E-state index contributed by atoms with van der Waals surface area (Å²) < 4.78 is 5.44. The van der Waals surface area contributed by atoms with E-state index in [0.29, 0.717) is 6.61 Å². The van der Waals surface area contributed by atoms with E-state index < -0.39 is 0 Å². The Balaban J connectivity index is 2.65. The number of hydrogen-bond donors (Lipinski definition) is 0. The van der Waals surface area contributed by atoms with E-state index in [1.54, 1.807) is 0 Å². The molecule has 100 valence electrons. The summed E-state index contributed by atoms with van der Waals surface area (Å²) in [7, 11) is 4.06. The molecule has 0 spiro atoms. The van der Waals surface area contributed by atoms with Crippen LogP contribution >= 0.6 is 0 Å². The van der Waals surface area contributed by atoms with E-state index in [1.165, 1.54) is 12.8 Å². The number of Topliss-reactive ketones (excluding diaryl/α,β-unsaturated/α-hetero) is 1. The van der Waals surface area contributed by atoms with Gasteiger partial charge < -0.3 is 4.74 Å². The Morgan fingerprint density at radius 3 is 2.24 bits per heavy atom. The molecule has 1 fully saturated rings. The summed E-state index contributed by atoms with van der Waals surface area (Å²) in [6.07, 6.45) is 7.82. The number of likely N-dealkylation sites (N-methyl/N-ethyl adjacent to an activating group) is 1. The highest BCUT2D eigenvalue weighted by Crippen LogP contribution is 2.32. The highest BCUT2D eigenvalue weighted by atomic mass is 16.5. The van der Waals surface area contributed by atoms with Crippen LogP contribution in [0.15, 0.2) is 0 Å². The number of carbonyl (C=O) groups is 1. The van der Waals surface area contributed by atoms with Crippen LogP contribution in [0.3, 0.4) is 0 Å². The first-order valence-electron chi connectivity index (χ1n) is 6.92. The summed E-state index contributed by atoms with van der Waals surface area (Å²) in [6, 6.07) is 0. The van der Waals surface area contributed by atoms with Crippen LogP contribution in [-0.4, -0.2) is 43.5 Å². The number of rotatable bonds is 6. The SMILES string of the molecule is CCCOCC(=O)C1(N(C)C)CCCCCC1. The smallest absolute Gasteiger partial charge is 0.178 e. The molecule has 3 nitrogen and oxygen atoms in total. The van der Waals surface area contributed by atoms with Gasteiger partial charge in [-0.3, -0.25) is 9.69 Å². The van der Waals surface area contributed by atoms with E-state index in [4.69, 9.17) is 4.74 Å². The summed E-state index contributed by atoms with van der Waals surface area (Å²) in [4.78, 5) is 14.5. The lowest BCUT2D eigenvalue weighted by Gasteiger charge is -2.37. The highest BCUT2D eigenvalue weighted by molar-refractivity contribution is 5.89. The van der Waals surface area contributed by atoms with Crippen molar-refractivity contribution in [2.45, 2.75) is 57.4 Å². The quantitative estimate of drug-likeness (QED) is 0.529. The Morgan fingerprint density at radius 2 is 1.76 bits per heavy atom. The molecule has 0 aromatic rings. The zero-order valence-electron chi connectivity index (χ0n) is 11.6. The van der Waals surface area contributed by atoms with E-state index in [1.807, 2.05) is 14.1 Å². The van der Waals surface area contributed by atoms with Crippen molar-refractivity contribution >= 4 is 5.78 Å². The molecule has 0 aliphatic heterocycles. The summed E-state index contributed by atoms with van der Waals surface area (Å²) in [5.74, 6) is 0.276. The average Bonchev–Trinajstić information content (AvgIpc) is 2.55. The van der Waals surface area contributed by atoms with Gasteiger partial charge in [-0.2, -0.15) is 0 Å². The van der Waals surface area contributed by atoms with E-state index >= 15 is 0 Å². The Bertz CT molecular complexity index is 230. The molecule has 0 unspecified atom stereocenters. The summed E-state index contributed by atoms with van der Waals surface area (Å²) >= 11 is 0. The van der Waals surface area contributed by atoms with Gasteiger partial charge in [0.15, 0.2) is 5.78 Å². The summed E-state index contributed by atoms with van der Waals surface area (Å²) in [5.41, 5.74) is -0.260. The lowest BCUT2D eigenvalue weighted by Crippen LogP contribution is -2.52. The van der Waals surface area contributed by atoms with Gasteiger partial charge in [0.2, 0.25) is 0 Å². The first-order chi connectivity index (χ1) is 8.13. The lowest BCUT2D eigenvalue weighted by molar-refractivity contribution is -0.135. The molecule has 0 amide bonds. The Morgan fingerprint density at radius 1 is 1.18 bits per heavy atom. The molecule has 1 aliphatic carbocycles. The first-order valence-corrected chi connectivity index (χ1v) is 6.92. The molecule has 0 radical (unpaired) electrons. The van der Waals surface area contributed by atoms with Gasteiger partial charge in [0, 0.05) is 6.61 Å². The standard InChI is InChI=1S/C14H27NO2/c1-4-11-17-12-13(16)14(15(2)3)9-7-5-6-8-10-14/h4-12H2,1-3H3. The van der Waals surface area contributed by atoms with Gasteiger partial charge in [-0.05, 0) is 33.4 Å². The Labute approximate surface area is 106 Å². The predicted octanol–water partition coefficient (Wildman–Crippen LogP) is 2.64. The van der Waals surface area contributed by atoms with Crippen molar-refractivity contribution in [1.82, 2.24) is 4.90 Å². The molecule has 1 aliphatic rings. The second kappa shape index (κ2) is 7.12. The molecule has 17 heavy (non-hydrogen) atoms. The second-order valence-corrected chi connectivity index (χ2v) is 5.32. The fourth-order valence-electron chi connectivity index (χ4n) is 2.73. The topological polar surface area (TPSA) is 29.5 Å². The van der Waals surface area contributed by atoms with Crippen LogP contribution in [-0.2, 0) is 9.53 Å². The van der Waals surface area contributed by atoms with E-state index in [-0.39, 0.29) is 17.9 Å². The molecule has 0 saturated heterocycles. The van der Waals surface area contributed by atoms with Crippen molar-refractivity contribution in [3.63, 3.8) is 0 Å². The molecule has 3 heteroatoms. The third kappa shape index (κ3) is 3.78. The predicted molar refractivity (Wildman–Crippen MR) is 70.2 cm³/mol. The number of ether oxygens (including phenoxy) is 1. The van der Waals surface area contributed by atoms with Crippen molar-refractivity contribution in [3.05, 3.63) is 0 Å². The van der Waals surface area contributed by atoms with Crippen LogP contribution < -0.4 is 0 Å². The first kappa shape index (κ1) is 14.7. The molecule has 1 rings (SSSR count). The third-order valence-electron chi connectivity index (χ3n) is 3.89. The summed E-state index contributed by atoms with van der Waals surface area (Å²) in [5, 5.41) is 0. The zero-order valence-corrected chi connectivity index (χ0v) is 11.6. The molecular formula is C14H27NO2. The van der Waals surface area contributed by atoms with E-state index in [2.05, 4.69) is 11.8 Å². The van der Waals surface area contributed by atoms with Crippen LogP contribution in [0, 0.1) is 0 Å². The van der Waals surface area contributed by atoms with Crippen molar-refractivity contribution in [2.75, 3.05) is 27.3 Å².